The SMILES string of the molecule is CC(C)(C1C=CC=C1)C1C=CCCC1. The van der Waals surface area contributed by atoms with Crippen molar-refractivity contribution in [1.82, 2.24) is 0 Å². The Labute approximate surface area is 87.4 Å². The van der Waals surface area contributed by atoms with Gasteiger partial charge < -0.3 is 0 Å². The molecule has 0 amide bonds. The van der Waals surface area contributed by atoms with Crippen molar-refractivity contribution in [2.45, 2.75) is 33.1 Å². The molecule has 0 N–H and O–H groups in total. The lowest BCUT2D eigenvalue weighted by molar-refractivity contribution is 0.196. The van der Waals surface area contributed by atoms with Gasteiger partial charge in [0, 0.05) is 5.92 Å². The molecule has 14 heavy (non-hydrogen) atoms. The van der Waals surface area contributed by atoms with E-state index in [1.165, 1.54) is 19.3 Å². The molecule has 0 aromatic heterocycles. The second kappa shape index (κ2) is 3.76. The number of allylic oxidation sites excluding steroid dienone is 6. The van der Waals surface area contributed by atoms with Crippen molar-refractivity contribution in [1.29, 1.82) is 0 Å². The number of hydrogen-bond acceptors (Lipinski definition) is 0. The zero-order chi connectivity index (χ0) is 10.0. The van der Waals surface area contributed by atoms with Crippen LogP contribution >= 0.6 is 0 Å². The highest BCUT2D eigenvalue weighted by Crippen LogP contribution is 2.43. The first-order valence-corrected chi connectivity index (χ1v) is 5.73. The first-order valence-electron chi connectivity index (χ1n) is 5.73. The zero-order valence-corrected chi connectivity index (χ0v) is 9.24. The fraction of sp³-hybridized carbons (Fsp3) is 0.571. The Morgan fingerprint density at radius 2 is 1.79 bits per heavy atom. The van der Waals surface area contributed by atoms with Crippen molar-refractivity contribution >= 4 is 0 Å². The highest BCUT2D eigenvalue weighted by molar-refractivity contribution is 5.22. The maximum Gasteiger partial charge on any atom is 0.000962 e. The largest absolute Gasteiger partial charge is 0.0882 e. The average Bonchev–Trinajstić information content (AvgIpc) is 2.72. The second-order valence-electron chi connectivity index (χ2n) is 5.08. The third kappa shape index (κ3) is 1.70. The van der Waals surface area contributed by atoms with E-state index in [1.807, 2.05) is 0 Å². The maximum absolute atomic E-state index is 2.43. The smallest absolute Gasteiger partial charge is 0.000962 e. The van der Waals surface area contributed by atoms with E-state index in [0.717, 1.165) is 5.92 Å². The molecule has 1 unspecified atom stereocenters. The Kier molecular flexibility index (Phi) is 2.62. The highest BCUT2D eigenvalue weighted by Gasteiger charge is 2.34. The van der Waals surface area contributed by atoms with Gasteiger partial charge in [0.25, 0.3) is 0 Å². The molecule has 0 aromatic carbocycles. The standard InChI is InChI=1S/C14H20/c1-14(2,13-10-6-7-11-13)12-8-4-3-5-9-12/h4,6-8,10-13H,3,5,9H2,1-2H3. The minimum Gasteiger partial charge on any atom is -0.0882 e. The van der Waals surface area contributed by atoms with E-state index in [1.54, 1.807) is 0 Å². The first-order chi connectivity index (χ1) is 6.71. The molecule has 2 aliphatic rings. The minimum atomic E-state index is 0.389. The summed E-state index contributed by atoms with van der Waals surface area (Å²) in [6.07, 6.45) is 17.8. The number of hydrogen-bond donors (Lipinski definition) is 0. The van der Waals surface area contributed by atoms with Crippen molar-refractivity contribution in [3.05, 3.63) is 36.5 Å². The van der Waals surface area contributed by atoms with Crippen LogP contribution in [-0.2, 0) is 0 Å². The van der Waals surface area contributed by atoms with Gasteiger partial charge in [0.05, 0.1) is 0 Å². The molecule has 0 heteroatoms. The summed E-state index contributed by atoms with van der Waals surface area (Å²) in [7, 11) is 0. The van der Waals surface area contributed by atoms with Crippen molar-refractivity contribution in [2.75, 3.05) is 0 Å². The summed E-state index contributed by atoms with van der Waals surface area (Å²) < 4.78 is 0. The summed E-state index contributed by atoms with van der Waals surface area (Å²) >= 11 is 0. The molecule has 76 valence electrons. The summed E-state index contributed by atoms with van der Waals surface area (Å²) in [5.74, 6) is 1.39. The summed E-state index contributed by atoms with van der Waals surface area (Å²) in [4.78, 5) is 0. The maximum atomic E-state index is 2.43. The normalized spacial score (nSPS) is 27.4. The van der Waals surface area contributed by atoms with Gasteiger partial charge in [0.15, 0.2) is 0 Å². The van der Waals surface area contributed by atoms with Crippen molar-refractivity contribution in [2.24, 2.45) is 17.3 Å². The van der Waals surface area contributed by atoms with Gasteiger partial charge >= 0.3 is 0 Å². The van der Waals surface area contributed by atoms with Gasteiger partial charge in [-0.05, 0) is 30.6 Å². The predicted molar refractivity (Wildman–Crippen MR) is 62.0 cm³/mol. The van der Waals surface area contributed by atoms with Gasteiger partial charge in [-0.1, -0.05) is 50.3 Å². The van der Waals surface area contributed by atoms with Crippen LogP contribution in [0.4, 0.5) is 0 Å². The molecule has 1 atom stereocenters. The van der Waals surface area contributed by atoms with Gasteiger partial charge in [-0.3, -0.25) is 0 Å². The quantitative estimate of drug-likeness (QED) is 0.572. The molecule has 2 rings (SSSR count). The van der Waals surface area contributed by atoms with E-state index in [9.17, 15) is 0 Å². The van der Waals surface area contributed by atoms with Crippen LogP contribution in [0, 0.1) is 17.3 Å². The van der Waals surface area contributed by atoms with Gasteiger partial charge in [0.2, 0.25) is 0 Å². The van der Waals surface area contributed by atoms with Crippen LogP contribution in [-0.4, -0.2) is 0 Å². The molecular formula is C14H20. The molecule has 0 aliphatic heterocycles. The predicted octanol–water partition coefficient (Wildman–Crippen LogP) is 4.11. The van der Waals surface area contributed by atoms with Gasteiger partial charge in [-0.25, -0.2) is 0 Å². The lowest BCUT2D eigenvalue weighted by Crippen LogP contribution is -2.30. The van der Waals surface area contributed by atoms with Gasteiger partial charge in [0.1, 0.15) is 0 Å². The third-order valence-corrected chi connectivity index (χ3v) is 3.82. The van der Waals surface area contributed by atoms with E-state index in [4.69, 9.17) is 0 Å². The van der Waals surface area contributed by atoms with Crippen molar-refractivity contribution in [3.63, 3.8) is 0 Å². The van der Waals surface area contributed by atoms with Crippen LogP contribution in [0.15, 0.2) is 36.5 Å². The molecule has 0 fully saturated rings. The molecule has 0 saturated carbocycles. The molecular weight excluding hydrogens is 168 g/mol. The van der Waals surface area contributed by atoms with Crippen molar-refractivity contribution < 1.29 is 0 Å². The molecule has 0 saturated heterocycles. The second-order valence-corrected chi connectivity index (χ2v) is 5.08. The Morgan fingerprint density at radius 1 is 1.07 bits per heavy atom. The van der Waals surface area contributed by atoms with E-state index in [0.29, 0.717) is 11.3 Å². The molecule has 2 aliphatic carbocycles. The molecule has 0 nitrogen and oxygen atoms in total. The first kappa shape index (κ1) is 9.76. The van der Waals surface area contributed by atoms with E-state index in [-0.39, 0.29) is 0 Å². The molecule has 0 heterocycles. The Bertz CT molecular complexity index is 266. The monoisotopic (exact) mass is 188 g/mol. The summed E-state index contributed by atoms with van der Waals surface area (Å²) in [6, 6.07) is 0. The van der Waals surface area contributed by atoms with Gasteiger partial charge in [-0.2, -0.15) is 0 Å². The van der Waals surface area contributed by atoms with E-state index >= 15 is 0 Å². The number of rotatable bonds is 2. The average molecular weight is 188 g/mol. The van der Waals surface area contributed by atoms with E-state index < -0.39 is 0 Å². The summed E-state index contributed by atoms with van der Waals surface area (Å²) in [5.41, 5.74) is 0.389. The fourth-order valence-corrected chi connectivity index (χ4v) is 2.61. The summed E-state index contributed by atoms with van der Waals surface area (Å²) in [5, 5.41) is 0. The molecule has 0 aromatic rings. The molecule has 0 spiro atoms. The van der Waals surface area contributed by atoms with Crippen LogP contribution < -0.4 is 0 Å². The van der Waals surface area contributed by atoms with Crippen LogP contribution in [0.1, 0.15) is 33.1 Å². The van der Waals surface area contributed by atoms with Crippen LogP contribution in [0.5, 0.6) is 0 Å². The molecule has 0 radical (unpaired) electrons. The lowest BCUT2D eigenvalue weighted by atomic mass is 9.67. The van der Waals surface area contributed by atoms with Crippen molar-refractivity contribution in [3.8, 4) is 0 Å². The minimum absolute atomic E-state index is 0.389. The Hall–Kier alpha value is -0.780. The van der Waals surface area contributed by atoms with Crippen LogP contribution in [0.2, 0.25) is 0 Å². The molecule has 0 bridgehead atoms. The Morgan fingerprint density at radius 3 is 2.36 bits per heavy atom. The van der Waals surface area contributed by atoms with Crippen LogP contribution in [0.3, 0.4) is 0 Å². The van der Waals surface area contributed by atoms with Gasteiger partial charge in [-0.15, -0.1) is 0 Å². The van der Waals surface area contributed by atoms with E-state index in [2.05, 4.69) is 50.3 Å². The topological polar surface area (TPSA) is 0 Å². The zero-order valence-electron chi connectivity index (χ0n) is 9.24. The fourth-order valence-electron chi connectivity index (χ4n) is 2.61. The highest BCUT2D eigenvalue weighted by atomic mass is 14.4. The summed E-state index contributed by atoms with van der Waals surface area (Å²) in [6.45, 7) is 4.80. The third-order valence-electron chi connectivity index (χ3n) is 3.82. The van der Waals surface area contributed by atoms with Crippen LogP contribution in [0.25, 0.3) is 0 Å². The lowest BCUT2D eigenvalue weighted by Gasteiger charge is -2.38. The Balaban J connectivity index is 2.13.